The number of carbonyl (C=O) groups is 2. The minimum Gasteiger partial charge on any atom is -0.303 e. The molecule has 2 aromatic rings. The summed E-state index contributed by atoms with van der Waals surface area (Å²) >= 11 is 0. The molecular weight excluding hydrogens is 284 g/mol. The molecule has 0 saturated heterocycles. The van der Waals surface area contributed by atoms with Gasteiger partial charge in [-0.25, -0.2) is 0 Å². The molecule has 0 heterocycles. The Morgan fingerprint density at radius 1 is 0.913 bits per heavy atom. The maximum atomic E-state index is 12.5. The van der Waals surface area contributed by atoms with Gasteiger partial charge in [0.05, 0.1) is 6.42 Å². The first-order chi connectivity index (χ1) is 10.5. The lowest BCUT2D eigenvalue weighted by atomic mass is 9.81. The van der Waals surface area contributed by atoms with Crippen molar-refractivity contribution >= 4 is 22.8 Å². The van der Waals surface area contributed by atoms with Crippen LogP contribution in [0.1, 0.15) is 69.4 Å². The van der Waals surface area contributed by atoms with E-state index >= 15 is 0 Å². The zero-order valence-corrected chi connectivity index (χ0v) is 15.0. The molecule has 2 heteroatoms. The molecule has 0 saturated carbocycles. The summed E-state index contributed by atoms with van der Waals surface area (Å²) in [7, 11) is 0. The lowest BCUT2D eigenvalue weighted by molar-refractivity contribution is -0.107. The van der Waals surface area contributed by atoms with Gasteiger partial charge in [0.15, 0.2) is 5.78 Å². The van der Waals surface area contributed by atoms with Gasteiger partial charge in [0, 0.05) is 5.56 Å². The summed E-state index contributed by atoms with van der Waals surface area (Å²) in [4.78, 5) is 23.3. The molecule has 2 nitrogen and oxygen atoms in total. The van der Waals surface area contributed by atoms with Crippen molar-refractivity contribution in [1.29, 1.82) is 0 Å². The third-order valence-electron chi connectivity index (χ3n) is 4.26. The molecule has 0 radical (unpaired) electrons. The molecule has 0 N–H and O–H groups in total. The molecule has 0 amide bonds. The van der Waals surface area contributed by atoms with E-state index in [0.717, 1.165) is 16.3 Å². The Kier molecular flexibility index (Phi) is 4.48. The summed E-state index contributed by atoms with van der Waals surface area (Å²) in [5.74, 6) is -0.109. The van der Waals surface area contributed by atoms with Crippen molar-refractivity contribution in [3.8, 4) is 0 Å². The van der Waals surface area contributed by atoms with E-state index in [-0.39, 0.29) is 23.0 Å². The molecule has 0 aliphatic carbocycles. The first-order valence-corrected chi connectivity index (χ1v) is 8.09. The number of fused-ring (bicyclic) bond motifs is 1. The van der Waals surface area contributed by atoms with E-state index in [9.17, 15) is 9.59 Å². The monoisotopic (exact) mass is 310 g/mol. The fraction of sp³-hybridized carbons (Fsp3) is 0.429. The molecule has 0 fully saturated rings. The van der Waals surface area contributed by atoms with Crippen LogP contribution in [0.4, 0.5) is 0 Å². The minimum absolute atomic E-state index is 0.0157. The Balaban J connectivity index is 2.78. The number of hydrogen-bond acceptors (Lipinski definition) is 2. The van der Waals surface area contributed by atoms with E-state index in [0.29, 0.717) is 11.8 Å². The van der Waals surface area contributed by atoms with Crippen LogP contribution in [0.25, 0.3) is 10.8 Å². The minimum atomic E-state index is -0.109. The molecule has 0 aliphatic rings. The number of rotatable bonds is 3. The van der Waals surface area contributed by atoms with Crippen molar-refractivity contribution in [3.63, 3.8) is 0 Å². The van der Waals surface area contributed by atoms with E-state index in [1.807, 2.05) is 6.07 Å². The van der Waals surface area contributed by atoms with Gasteiger partial charge in [-0.05, 0) is 44.9 Å². The SMILES string of the molecule is CC(C)(C)c1cc(C(=O)CC=O)c2cc(C(C)(C)C)ccc2c1. The largest absolute Gasteiger partial charge is 0.303 e. The lowest BCUT2D eigenvalue weighted by Crippen LogP contribution is -2.14. The number of aldehydes is 1. The van der Waals surface area contributed by atoms with Gasteiger partial charge in [-0.1, -0.05) is 59.7 Å². The van der Waals surface area contributed by atoms with Crippen LogP contribution in [0.3, 0.4) is 0 Å². The fourth-order valence-electron chi connectivity index (χ4n) is 2.67. The highest BCUT2D eigenvalue weighted by Gasteiger charge is 2.20. The molecule has 0 aliphatic heterocycles. The topological polar surface area (TPSA) is 34.1 Å². The first kappa shape index (κ1) is 17.4. The van der Waals surface area contributed by atoms with Gasteiger partial charge < -0.3 is 4.79 Å². The zero-order valence-electron chi connectivity index (χ0n) is 15.0. The van der Waals surface area contributed by atoms with Crippen LogP contribution in [0, 0.1) is 0 Å². The Labute approximate surface area is 138 Å². The predicted molar refractivity (Wildman–Crippen MR) is 96.4 cm³/mol. The molecule has 0 aromatic heterocycles. The molecule has 0 unspecified atom stereocenters. The number of ketones is 1. The van der Waals surface area contributed by atoms with Crippen LogP contribution in [-0.4, -0.2) is 12.1 Å². The van der Waals surface area contributed by atoms with E-state index in [4.69, 9.17) is 0 Å². The number of benzene rings is 2. The van der Waals surface area contributed by atoms with Crippen molar-refractivity contribution < 1.29 is 9.59 Å². The van der Waals surface area contributed by atoms with Gasteiger partial charge in [-0.15, -0.1) is 0 Å². The van der Waals surface area contributed by atoms with Gasteiger partial charge in [-0.3, -0.25) is 4.79 Å². The maximum absolute atomic E-state index is 12.5. The molecule has 0 spiro atoms. The maximum Gasteiger partial charge on any atom is 0.170 e. The quantitative estimate of drug-likeness (QED) is 0.443. The van der Waals surface area contributed by atoms with Gasteiger partial charge in [-0.2, -0.15) is 0 Å². The van der Waals surface area contributed by atoms with Gasteiger partial charge in [0.2, 0.25) is 0 Å². The van der Waals surface area contributed by atoms with Crippen molar-refractivity contribution in [2.45, 2.75) is 58.8 Å². The second kappa shape index (κ2) is 5.92. The van der Waals surface area contributed by atoms with Crippen molar-refractivity contribution in [1.82, 2.24) is 0 Å². The van der Waals surface area contributed by atoms with Crippen LogP contribution in [0.2, 0.25) is 0 Å². The number of Topliss-reactive ketones (excluding diaryl/α,β-unsaturated/α-hetero) is 1. The number of carbonyl (C=O) groups excluding carboxylic acids is 2. The fourth-order valence-corrected chi connectivity index (χ4v) is 2.67. The molecule has 0 atom stereocenters. The molecule has 23 heavy (non-hydrogen) atoms. The molecule has 2 rings (SSSR count). The summed E-state index contributed by atoms with van der Waals surface area (Å²) in [6, 6.07) is 10.4. The highest BCUT2D eigenvalue weighted by atomic mass is 16.1. The van der Waals surface area contributed by atoms with Gasteiger partial charge in [0.1, 0.15) is 6.29 Å². The molecule has 0 bridgehead atoms. The highest BCUT2D eigenvalue weighted by Crippen LogP contribution is 2.32. The Morgan fingerprint density at radius 2 is 1.52 bits per heavy atom. The summed E-state index contributed by atoms with van der Waals surface area (Å²) in [5, 5.41) is 2.00. The molecular formula is C21H26O2. The zero-order chi connectivity index (χ0) is 17.4. The second-order valence-corrected chi connectivity index (χ2v) is 8.25. The van der Waals surface area contributed by atoms with E-state index in [1.165, 1.54) is 5.56 Å². The average molecular weight is 310 g/mol. The Hall–Kier alpha value is -1.96. The molecule has 2 aromatic carbocycles. The third kappa shape index (κ3) is 3.69. The van der Waals surface area contributed by atoms with Crippen molar-refractivity contribution in [3.05, 3.63) is 47.0 Å². The first-order valence-electron chi connectivity index (χ1n) is 8.09. The smallest absolute Gasteiger partial charge is 0.170 e. The predicted octanol–water partition coefficient (Wildman–Crippen LogP) is 5.21. The van der Waals surface area contributed by atoms with Gasteiger partial charge >= 0.3 is 0 Å². The van der Waals surface area contributed by atoms with Crippen LogP contribution in [0.5, 0.6) is 0 Å². The van der Waals surface area contributed by atoms with Crippen LogP contribution >= 0.6 is 0 Å². The van der Waals surface area contributed by atoms with E-state index in [1.54, 1.807) is 0 Å². The second-order valence-electron chi connectivity index (χ2n) is 8.25. The standard InChI is InChI=1S/C21H26O2/c1-20(2,3)15-8-7-14-11-16(21(4,5)6)13-18(17(14)12-15)19(23)9-10-22/h7-8,10-13H,9H2,1-6H3. The van der Waals surface area contributed by atoms with Crippen LogP contribution in [0.15, 0.2) is 30.3 Å². The summed E-state index contributed by atoms with van der Waals surface area (Å²) in [5.41, 5.74) is 2.93. The lowest BCUT2D eigenvalue weighted by Gasteiger charge is -2.23. The number of hydrogen-bond donors (Lipinski definition) is 0. The Morgan fingerprint density at radius 3 is 2.04 bits per heavy atom. The van der Waals surface area contributed by atoms with Crippen molar-refractivity contribution in [2.24, 2.45) is 0 Å². The van der Waals surface area contributed by atoms with E-state index in [2.05, 4.69) is 65.8 Å². The van der Waals surface area contributed by atoms with E-state index < -0.39 is 0 Å². The van der Waals surface area contributed by atoms with Gasteiger partial charge in [0.25, 0.3) is 0 Å². The highest BCUT2D eigenvalue weighted by molar-refractivity contribution is 6.12. The molecule has 122 valence electrons. The van der Waals surface area contributed by atoms with Crippen molar-refractivity contribution in [2.75, 3.05) is 0 Å². The normalized spacial score (nSPS) is 12.4. The summed E-state index contributed by atoms with van der Waals surface area (Å²) in [6.07, 6.45) is 0.619. The Bertz CT molecular complexity index is 756. The van der Waals surface area contributed by atoms with Crippen LogP contribution < -0.4 is 0 Å². The summed E-state index contributed by atoms with van der Waals surface area (Å²) in [6.45, 7) is 12.9. The average Bonchev–Trinajstić information content (AvgIpc) is 2.43. The van der Waals surface area contributed by atoms with Crippen LogP contribution in [-0.2, 0) is 15.6 Å². The third-order valence-corrected chi connectivity index (χ3v) is 4.26. The summed E-state index contributed by atoms with van der Waals surface area (Å²) < 4.78 is 0.